The molecule has 0 bridgehead atoms. The molecule has 1 atom stereocenters. The van der Waals surface area contributed by atoms with E-state index in [0.717, 1.165) is 34.4 Å². The smallest absolute Gasteiger partial charge is 0.304 e. The lowest BCUT2D eigenvalue weighted by atomic mass is 9.92. The quantitative estimate of drug-likeness (QED) is 0.314. The highest BCUT2D eigenvalue weighted by molar-refractivity contribution is 7.21. The average Bonchev–Trinajstić information content (AvgIpc) is 3.51. The lowest BCUT2D eigenvalue weighted by molar-refractivity contribution is -0.137. The van der Waals surface area contributed by atoms with E-state index in [0.29, 0.717) is 17.1 Å². The number of carboxylic acid groups (broad SMARTS) is 1. The van der Waals surface area contributed by atoms with Gasteiger partial charge in [-0.15, -0.1) is 12.4 Å². The zero-order valence-electron chi connectivity index (χ0n) is 18.6. The third kappa shape index (κ3) is 4.82. The number of nitrogens with zero attached hydrogens (tertiary/aromatic N) is 2. The fourth-order valence-corrected chi connectivity index (χ4v) is 5.21. The van der Waals surface area contributed by atoms with Crippen molar-refractivity contribution in [2.24, 2.45) is 0 Å². The van der Waals surface area contributed by atoms with Crippen molar-refractivity contribution in [3.63, 3.8) is 0 Å². The normalized spacial score (nSPS) is 15.0. The van der Waals surface area contributed by atoms with Crippen molar-refractivity contribution < 1.29 is 14.3 Å². The van der Waals surface area contributed by atoms with Gasteiger partial charge in [-0.3, -0.25) is 4.79 Å². The van der Waals surface area contributed by atoms with Crippen molar-refractivity contribution in [1.82, 2.24) is 15.3 Å². The van der Waals surface area contributed by atoms with Crippen molar-refractivity contribution in [2.75, 3.05) is 0 Å². The number of rotatable bonds is 8. The number of pyridine rings is 1. The number of benzene rings is 2. The molecule has 0 aliphatic heterocycles. The molecule has 8 heteroatoms. The van der Waals surface area contributed by atoms with Crippen LogP contribution in [-0.4, -0.2) is 27.1 Å². The first kappa shape index (κ1) is 24.3. The van der Waals surface area contributed by atoms with Gasteiger partial charge < -0.3 is 10.4 Å². The Bertz CT molecular complexity index is 1320. The van der Waals surface area contributed by atoms with Gasteiger partial charge >= 0.3 is 5.97 Å². The van der Waals surface area contributed by atoms with E-state index < -0.39 is 5.97 Å². The summed E-state index contributed by atoms with van der Waals surface area (Å²) in [6.45, 7) is 2.20. The molecule has 0 radical (unpaired) electrons. The summed E-state index contributed by atoms with van der Waals surface area (Å²) < 4.78 is 14.9. The first-order valence-corrected chi connectivity index (χ1v) is 11.8. The van der Waals surface area contributed by atoms with E-state index in [4.69, 9.17) is 10.1 Å². The summed E-state index contributed by atoms with van der Waals surface area (Å²) in [5, 5.41) is 12.6. The Labute approximate surface area is 207 Å². The molecule has 2 aromatic heterocycles. The summed E-state index contributed by atoms with van der Waals surface area (Å²) in [5.74, 6) is -1.21. The highest BCUT2D eigenvalue weighted by Gasteiger charge is 2.47. The Morgan fingerprint density at radius 2 is 1.91 bits per heavy atom. The first-order valence-electron chi connectivity index (χ1n) is 11.0. The fourth-order valence-electron chi connectivity index (χ4n) is 4.24. The van der Waals surface area contributed by atoms with Gasteiger partial charge in [-0.2, -0.15) is 0 Å². The molecular weight excluding hydrogens is 473 g/mol. The predicted molar refractivity (Wildman–Crippen MR) is 135 cm³/mol. The van der Waals surface area contributed by atoms with E-state index in [1.807, 2.05) is 18.2 Å². The standard InChI is InChI=1S/C26H24FN3O2S.ClH/c1-16(13-23(31)32)28-15-17-7-8-19(20(27)14-17)24-29-21-9-10-22(30-25(21)33-24)26(11-12-26)18-5-3-2-4-6-18;/h2-10,14,16,28H,11-13,15H2,1H3,(H,31,32);1H/t16-;/m0./s1. The van der Waals surface area contributed by atoms with Gasteiger partial charge in [0.05, 0.1) is 12.1 Å². The second-order valence-corrected chi connectivity index (χ2v) is 9.66. The molecule has 0 unspecified atom stereocenters. The summed E-state index contributed by atoms with van der Waals surface area (Å²) in [7, 11) is 0. The van der Waals surface area contributed by atoms with Crippen LogP contribution in [0.3, 0.4) is 0 Å². The monoisotopic (exact) mass is 497 g/mol. The van der Waals surface area contributed by atoms with Gasteiger partial charge in [0.1, 0.15) is 21.2 Å². The minimum absolute atomic E-state index is 0. The molecule has 2 N–H and O–H groups in total. The van der Waals surface area contributed by atoms with E-state index in [1.165, 1.54) is 23.0 Å². The number of hydrogen-bond donors (Lipinski definition) is 2. The number of aromatic nitrogens is 2. The van der Waals surface area contributed by atoms with E-state index in [9.17, 15) is 9.18 Å². The molecule has 176 valence electrons. The molecule has 34 heavy (non-hydrogen) atoms. The van der Waals surface area contributed by atoms with Gasteiger partial charge in [-0.25, -0.2) is 14.4 Å². The minimum Gasteiger partial charge on any atom is -0.481 e. The maximum absolute atomic E-state index is 14.9. The molecule has 5 rings (SSSR count). The van der Waals surface area contributed by atoms with Gasteiger partial charge in [0.25, 0.3) is 0 Å². The summed E-state index contributed by atoms with van der Waals surface area (Å²) in [6, 6.07) is 19.4. The van der Waals surface area contributed by atoms with E-state index >= 15 is 0 Å². The molecule has 0 saturated heterocycles. The Balaban J connectivity index is 0.00000274. The molecule has 1 aliphatic carbocycles. The van der Waals surface area contributed by atoms with E-state index in [2.05, 4.69) is 40.6 Å². The van der Waals surface area contributed by atoms with Crippen molar-refractivity contribution in [3.8, 4) is 10.6 Å². The van der Waals surface area contributed by atoms with Gasteiger partial charge in [0.2, 0.25) is 0 Å². The molecule has 2 aromatic carbocycles. The lowest BCUT2D eigenvalue weighted by Crippen LogP contribution is -2.27. The van der Waals surface area contributed by atoms with Gasteiger partial charge in [-0.05, 0) is 55.2 Å². The summed E-state index contributed by atoms with van der Waals surface area (Å²) in [4.78, 5) is 21.2. The SMILES string of the molecule is C[C@@H](CC(=O)O)NCc1ccc(-c2nc3ccc(C4(c5ccccc5)CC4)nc3s2)c(F)c1.Cl. The lowest BCUT2D eigenvalue weighted by Gasteiger charge is -2.14. The molecule has 4 aromatic rings. The average molecular weight is 498 g/mol. The number of fused-ring (bicyclic) bond motifs is 1. The number of aliphatic carboxylic acids is 1. The molecular formula is C26H25ClFN3O2S. The molecule has 1 aliphatic rings. The van der Waals surface area contributed by atoms with Crippen molar-refractivity contribution in [3.05, 3.63) is 83.3 Å². The third-order valence-electron chi connectivity index (χ3n) is 6.22. The van der Waals surface area contributed by atoms with Gasteiger partial charge in [0, 0.05) is 23.6 Å². The Morgan fingerprint density at radius 3 is 2.59 bits per heavy atom. The number of thiazole rings is 1. The Kier molecular flexibility index (Phi) is 6.98. The number of halogens is 2. The summed E-state index contributed by atoms with van der Waals surface area (Å²) in [6.07, 6.45) is 2.18. The largest absolute Gasteiger partial charge is 0.481 e. The van der Waals surface area contributed by atoms with Crippen LogP contribution in [-0.2, 0) is 16.8 Å². The number of hydrogen-bond acceptors (Lipinski definition) is 5. The first-order chi connectivity index (χ1) is 15.9. The summed E-state index contributed by atoms with van der Waals surface area (Å²) >= 11 is 1.41. The van der Waals surface area contributed by atoms with E-state index in [1.54, 1.807) is 13.0 Å². The van der Waals surface area contributed by atoms with Crippen LogP contribution in [0.2, 0.25) is 0 Å². The second-order valence-electron chi connectivity index (χ2n) is 8.68. The second kappa shape index (κ2) is 9.78. The molecule has 2 heterocycles. The predicted octanol–water partition coefficient (Wildman–Crippen LogP) is 5.95. The maximum atomic E-state index is 14.9. The zero-order valence-corrected chi connectivity index (χ0v) is 20.3. The molecule has 1 fully saturated rings. The third-order valence-corrected chi connectivity index (χ3v) is 7.22. The van der Waals surface area contributed by atoms with Crippen LogP contribution in [0, 0.1) is 5.82 Å². The minimum atomic E-state index is -0.861. The highest BCUT2D eigenvalue weighted by atomic mass is 35.5. The van der Waals surface area contributed by atoms with Crippen LogP contribution in [0.4, 0.5) is 4.39 Å². The Morgan fingerprint density at radius 1 is 1.15 bits per heavy atom. The summed E-state index contributed by atoms with van der Waals surface area (Å²) in [5.41, 5.74) is 4.30. The van der Waals surface area contributed by atoms with Crippen molar-refractivity contribution in [1.29, 1.82) is 0 Å². The zero-order chi connectivity index (χ0) is 23.0. The van der Waals surface area contributed by atoms with Crippen LogP contribution >= 0.6 is 23.7 Å². The fraction of sp³-hybridized carbons (Fsp3) is 0.269. The van der Waals surface area contributed by atoms with E-state index in [-0.39, 0.29) is 36.1 Å². The molecule has 0 amide bonds. The number of carbonyl (C=O) groups is 1. The maximum Gasteiger partial charge on any atom is 0.304 e. The van der Waals surface area contributed by atoms with Crippen LogP contribution in [0.25, 0.3) is 20.9 Å². The highest BCUT2D eigenvalue weighted by Crippen LogP contribution is 2.53. The molecule has 1 saturated carbocycles. The molecule has 5 nitrogen and oxygen atoms in total. The van der Waals surface area contributed by atoms with Crippen molar-refractivity contribution in [2.45, 2.75) is 44.2 Å². The number of carboxylic acids is 1. The van der Waals surface area contributed by atoms with Crippen molar-refractivity contribution >= 4 is 40.1 Å². The van der Waals surface area contributed by atoms with Gasteiger partial charge in [-0.1, -0.05) is 47.7 Å². The van der Waals surface area contributed by atoms with Crippen LogP contribution in [0.5, 0.6) is 0 Å². The van der Waals surface area contributed by atoms with Gasteiger partial charge in [0.15, 0.2) is 0 Å². The van der Waals surface area contributed by atoms with Crippen LogP contribution in [0.15, 0.2) is 60.7 Å². The topological polar surface area (TPSA) is 75.1 Å². The molecule has 0 spiro atoms. The Hall–Kier alpha value is -2.87. The van der Waals surface area contributed by atoms with Crippen LogP contribution in [0.1, 0.15) is 43.0 Å². The van der Waals surface area contributed by atoms with Crippen LogP contribution < -0.4 is 5.32 Å². The number of nitrogens with one attached hydrogen (secondary N) is 1.